The van der Waals surface area contributed by atoms with Gasteiger partial charge in [0.2, 0.25) is 0 Å². The number of rotatable bonds is 7. The predicted octanol–water partition coefficient (Wildman–Crippen LogP) is 5.28. The summed E-state index contributed by atoms with van der Waals surface area (Å²) >= 11 is 6.25. The minimum atomic E-state index is -0.564. The molecule has 0 spiro atoms. The van der Waals surface area contributed by atoms with Gasteiger partial charge in [-0.15, -0.1) is 0 Å². The first kappa shape index (κ1) is 27.3. The van der Waals surface area contributed by atoms with Crippen LogP contribution in [0.4, 0.5) is 4.79 Å². The molecule has 1 amide bonds. The number of ether oxygens (including phenoxy) is 3. The summed E-state index contributed by atoms with van der Waals surface area (Å²) in [4.78, 5) is 28.9. The Morgan fingerprint density at radius 1 is 1.06 bits per heavy atom. The molecule has 1 atom stereocenters. The van der Waals surface area contributed by atoms with Crippen molar-refractivity contribution in [3.8, 4) is 5.75 Å². The van der Waals surface area contributed by atoms with Gasteiger partial charge < -0.3 is 19.1 Å². The van der Waals surface area contributed by atoms with Crippen LogP contribution in [0.1, 0.15) is 66.9 Å². The fraction of sp³-hybridized carbons (Fsp3) is 0.680. The molecule has 0 N–H and O–H groups in total. The molecule has 1 unspecified atom stereocenters. The van der Waals surface area contributed by atoms with Crippen LogP contribution in [0.2, 0.25) is 5.02 Å². The fourth-order valence-electron chi connectivity index (χ4n) is 3.77. The smallest absolute Gasteiger partial charge is 0.410 e. The summed E-state index contributed by atoms with van der Waals surface area (Å²) in [5, 5.41) is 0.604. The Bertz CT molecular complexity index is 816. The largest absolute Gasteiger partial charge is 0.482 e. The SMILES string of the molecule is CCCC1CN(Cc2cc(Cl)ccc2OCC(=O)OC(C)(C)C)CCN1C(=O)OC(C)(C)C. The molecule has 0 aliphatic carbocycles. The van der Waals surface area contributed by atoms with Crippen molar-refractivity contribution in [2.45, 2.75) is 85.1 Å². The highest BCUT2D eigenvalue weighted by Gasteiger charge is 2.33. The van der Waals surface area contributed by atoms with Gasteiger partial charge in [0.15, 0.2) is 6.61 Å². The van der Waals surface area contributed by atoms with E-state index in [1.165, 1.54) is 0 Å². The highest BCUT2D eigenvalue weighted by Crippen LogP contribution is 2.27. The van der Waals surface area contributed by atoms with Crippen molar-refractivity contribution < 1.29 is 23.8 Å². The molecule has 1 aliphatic rings. The van der Waals surface area contributed by atoms with Crippen LogP contribution >= 0.6 is 11.6 Å². The lowest BCUT2D eigenvalue weighted by molar-refractivity contribution is -0.157. The molecule has 0 saturated carbocycles. The van der Waals surface area contributed by atoms with E-state index in [0.717, 1.165) is 24.9 Å². The molecule has 0 aromatic heterocycles. The van der Waals surface area contributed by atoms with Gasteiger partial charge in [-0.05, 0) is 66.2 Å². The number of halogens is 1. The first-order valence-corrected chi connectivity index (χ1v) is 12.0. The topological polar surface area (TPSA) is 68.3 Å². The average molecular weight is 483 g/mol. The third kappa shape index (κ3) is 9.41. The number of nitrogens with zero attached hydrogens (tertiary/aromatic N) is 2. The zero-order chi connectivity index (χ0) is 24.8. The van der Waals surface area contributed by atoms with E-state index in [4.69, 9.17) is 25.8 Å². The van der Waals surface area contributed by atoms with Gasteiger partial charge in [-0.25, -0.2) is 9.59 Å². The number of amides is 1. The van der Waals surface area contributed by atoms with E-state index in [9.17, 15) is 9.59 Å². The summed E-state index contributed by atoms with van der Waals surface area (Å²) in [5.41, 5.74) is -0.190. The van der Waals surface area contributed by atoms with E-state index in [0.29, 0.717) is 30.4 Å². The van der Waals surface area contributed by atoms with Gasteiger partial charge >= 0.3 is 12.1 Å². The molecule has 8 heteroatoms. The Morgan fingerprint density at radius 2 is 1.73 bits per heavy atom. The number of esters is 1. The second-order valence-electron chi connectivity index (χ2n) is 10.5. The summed E-state index contributed by atoms with van der Waals surface area (Å²) in [6, 6.07) is 5.46. The van der Waals surface area contributed by atoms with E-state index in [1.807, 2.05) is 52.5 Å². The van der Waals surface area contributed by atoms with Gasteiger partial charge in [0.05, 0.1) is 0 Å². The van der Waals surface area contributed by atoms with Crippen LogP contribution in [0.5, 0.6) is 5.75 Å². The summed E-state index contributed by atoms with van der Waals surface area (Å²) < 4.78 is 16.7. The quantitative estimate of drug-likeness (QED) is 0.492. The molecule has 33 heavy (non-hydrogen) atoms. The number of hydrogen-bond acceptors (Lipinski definition) is 6. The van der Waals surface area contributed by atoms with Crippen LogP contribution in [0.25, 0.3) is 0 Å². The van der Waals surface area contributed by atoms with Crippen LogP contribution in [0.15, 0.2) is 18.2 Å². The number of carbonyl (C=O) groups is 2. The third-order valence-electron chi connectivity index (χ3n) is 5.00. The Labute approximate surface area is 203 Å². The molecular formula is C25H39ClN2O5. The van der Waals surface area contributed by atoms with Crippen molar-refractivity contribution in [1.82, 2.24) is 9.80 Å². The molecule has 1 aliphatic heterocycles. The lowest BCUT2D eigenvalue weighted by Crippen LogP contribution is -2.55. The third-order valence-corrected chi connectivity index (χ3v) is 5.23. The van der Waals surface area contributed by atoms with Crippen LogP contribution in [0, 0.1) is 0 Å². The summed E-state index contributed by atoms with van der Waals surface area (Å²) in [6.07, 6.45) is 1.61. The van der Waals surface area contributed by atoms with E-state index < -0.39 is 17.2 Å². The van der Waals surface area contributed by atoms with Gasteiger partial charge in [-0.3, -0.25) is 4.90 Å². The number of benzene rings is 1. The average Bonchev–Trinajstić information content (AvgIpc) is 2.65. The second kappa shape index (κ2) is 11.4. The minimum Gasteiger partial charge on any atom is -0.482 e. The Hall–Kier alpha value is -1.99. The van der Waals surface area contributed by atoms with Gasteiger partial charge in [-0.1, -0.05) is 24.9 Å². The van der Waals surface area contributed by atoms with E-state index in [1.54, 1.807) is 12.1 Å². The maximum atomic E-state index is 12.7. The van der Waals surface area contributed by atoms with Crippen molar-refractivity contribution in [3.63, 3.8) is 0 Å². The molecule has 0 bridgehead atoms. The molecule has 1 heterocycles. The molecule has 1 fully saturated rings. The van der Waals surface area contributed by atoms with E-state index in [-0.39, 0.29) is 18.7 Å². The van der Waals surface area contributed by atoms with E-state index >= 15 is 0 Å². The normalized spacial score (nSPS) is 17.6. The molecule has 1 aromatic carbocycles. The predicted molar refractivity (Wildman–Crippen MR) is 130 cm³/mol. The Kier molecular flexibility index (Phi) is 9.44. The lowest BCUT2D eigenvalue weighted by atomic mass is 10.1. The van der Waals surface area contributed by atoms with Crippen molar-refractivity contribution in [2.75, 3.05) is 26.2 Å². The standard InChI is InChI=1S/C25H39ClN2O5/c1-8-9-20-16-27(12-13-28(20)23(30)33-25(5,6)7)15-18-14-19(26)10-11-21(18)31-17-22(29)32-24(2,3)4/h10-11,14,20H,8-9,12-13,15-17H2,1-7H3. The highest BCUT2D eigenvalue weighted by molar-refractivity contribution is 6.30. The number of piperazine rings is 1. The molecule has 186 valence electrons. The molecular weight excluding hydrogens is 444 g/mol. The number of hydrogen-bond donors (Lipinski definition) is 0. The fourth-order valence-corrected chi connectivity index (χ4v) is 3.96. The van der Waals surface area contributed by atoms with Crippen LogP contribution in [0.3, 0.4) is 0 Å². The van der Waals surface area contributed by atoms with Crippen molar-refractivity contribution in [3.05, 3.63) is 28.8 Å². The van der Waals surface area contributed by atoms with Gasteiger partial charge in [0, 0.05) is 42.8 Å². The van der Waals surface area contributed by atoms with Crippen LogP contribution < -0.4 is 4.74 Å². The highest BCUT2D eigenvalue weighted by atomic mass is 35.5. The van der Waals surface area contributed by atoms with Crippen molar-refractivity contribution >= 4 is 23.7 Å². The molecule has 0 radical (unpaired) electrons. The van der Waals surface area contributed by atoms with Crippen LogP contribution in [-0.4, -0.2) is 65.3 Å². The zero-order valence-corrected chi connectivity index (χ0v) is 21.8. The first-order chi connectivity index (χ1) is 15.3. The van der Waals surface area contributed by atoms with Crippen molar-refractivity contribution in [2.24, 2.45) is 0 Å². The molecule has 2 rings (SSSR count). The van der Waals surface area contributed by atoms with Gasteiger partial charge in [0.1, 0.15) is 17.0 Å². The van der Waals surface area contributed by atoms with Crippen molar-refractivity contribution in [1.29, 1.82) is 0 Å². The maximum Gasteiger partial charge on any atom is 0.410 e. The summed E-state index contributed by atoms with van der Waals surface area (Å²) in [5.74, 6) is 0.184. The Balaban J connectivity index is 2.07. The van der Waals surface area contributed by atoms with E-state index in [2.05, 4.69) is 11.8 Å². The molecule has 1 saturated heterocycles. The molecule has 1 aromatic rings. The second-order valence-corrected chi connectivity index (χ2v) is 10.9. The Morgan fingerprint density at radius 3 is 2.33 bits per heavy atom. The monoisotopic (exact) mass is 482 g/mol. The van der Waals surface area contributed by atoms with Gasteiger partial charge in [-0.2, -0.15) is 0 Å². The molecule has 7 nitrogen and oxygen atoms in total. The van der Waals surface area contributed by atoms with Gasteiger partial charge in [0.25, 0.3) is 0 Å². The first-order valence-electron chi connectivity index (χ1n) is 11.6. The number of carbonyl (C=O) groups excluding carboxylic acids is 2. The minimum absolute atomic E-state index is 0.0731. The zero-order valence-electron chi connectivity index (χ0n) is 21.1. The summed E-state index contributed by atoms with van der Waals surface area (Å²) in [7, 11) is 0. The maximum absolute atomic E-state index is 12.7. The lowest BCUT2D eigenvalue weighted by Gasteiger charge is -2.42. The summed E-state index contributed by atoms with van der Waals surface area (Å²) in [6.45, 7) is 15.7. The van der Waals surface area contributed by atoms with Crippen LogP contribution in [-0.2, 0) is 20.8 Å².